The van der Waals surface area contributed by atoms with Crippen molar-refractivity contribution in [3.8, 4) is 11.4 Å². The van der Waals surface area contributed by atoms with Crippen LogP contribution in [0.25, 0.3) is 27.9 Å². The van der Waals surface area contributed by atoms with E-state index in [0.717, 1.165) is 25.2 Å². The SMILES string of the molecule is O=C1NCCCC[C@H]1Nc1nc2ccccc2c2nc(-c3cnc(C(F)(F)F)nc3)nn12. The summed E-state index contributed by atoms with van der Waals surface area (Å²) in [5.74, 6) is -0.904. The number of amides is 1. The second kappa shape index (κ2) is 7.70. The average Bonchev–Trinajstić information content (AvgIpc) is 3.14. The van der Waals surface area contributed by atoms with Gasteiger partial charge in [-0.15, -0.1) is 5.10 Å². The van der Waals surface area contributed by atoms with E-state index in [1.165, 1.54) is 4.52 Å². The molecule has 0 bridgehead atoms. The fourth-order valence-electron chi connectivity index (χ4n) is 3.59. The number of fused-ring (bicyclic) bond motifs is 3. The van der Waals surface area contributed by atoms with Gasteiger partial charge in [0, 0.05) is 24.3 Å². The number of carbonyl (C=O) groups is 1. The molecule has 4 heterocycles. The van der Waals surface area contributed by atoms with Gasteiger partial charge in [0.15, 0.2) is 11.5 Å². The van der Waals surface area contributed by atoms with Crippen LogP contribution in [-0.2, 0) is 11.0 Å². The number of hydrogen-bond acceptors (Lipinski definition) is 7. The topological polar surface area (TPSA) is 110 Å². The van der Waals surface area contributed by atoms with Gasteiger partial charge in [-0.25, -0.2) is 19.9 Å². The minimum Gasteiger partial charge on any atom is -0.354 e. The first-order chi connectivity index (χ1) is 15.4. The minimum atomic E-state index is -4.64. The average molecular weight is 442 g/mol. The molecule has 1 fully saturated rings. The molecule has 3 aromatic heterocycles. The smallest absolute Gasteiger partial charge is 0.354 e. The first kappa shape index (κ1) is 20.1. The summed E-state index contributed by atoms with van der Waals surface area (Å²) in [7, 11) is 0. The summed E-state index contributed by atoms with van der Waals surface area (Å²) in [5, 5.41) is 11.2. The molecule has 9 nitrogen and oxygen atoms in total. The zero-order valence-electron chi connectivity index (χ0n) is 16.6. The van der Waals surface area contributed by atoms with Crippen LogP contribution < -0.4 is 10.6 Å². The van der Waals surface area contributed by atoms with Gasteiger partial charge in [-0.2, -0.15) is 17.7 Å². The Labute approximate surface area is 179 Å². The third-order valence-electron chi connectivity index (χ3n) is 5.18. The summed E-state index contributed by atoms with van der Waals surface area (Å²) >= 11 is 0. The number of nitrogens with one attached hydrogen (secondary N) is 2. The highest BCUT2D eigenvalue weighted by molar-refractivity contribution is 5.93. The molecule has 1 aliphatic rings. The Morgan fingerprint density at radius 3 is 2.66 bits per heavy atom. The van der Waals surface area contributed by atoms with Crippen LogP contribution >= 0.6 is 0 Å². The van der Waals surface area contributed by atoms with Crippen molar-refractivity contribution >= 4 is 28.4 Å². The van der Waals surface area contributed by atoms with Gasteiger partial charge in [-0.3, -0.25) is 4.79 Å². The molecule has 5 rings (SSSR count). The van der Waals surface area contributed by atoms with Crippen molar-refractivity contribution in [1.29, 1.82) is 0 Å². The number of anilines is 1. The molecule has 1 amide bonds. The molecule has 2 N–H and O–H groups in total. The maximum atomic E-state index is 12.8. The van der Waals surface area contributed by atoms with Gasteiger partial charge in [0.2, 0.25) is 17.7 Å². The minimum absolute atomic E-state index is 0.123. The molecule has 0 unspecified atom stereocenters. The van der Waals surface area contributed by atoms with Gasteiger partial charge >= 0.3 is 6.18 Å². The molecule has 1 aliphatic heterocycles. The van der Waals surface area contributed by atoms with Crippen LogP contribution in [0.3, 0.4) is 0 Å². The van der Waals surface area contributed by atoms with Crippen molar-refractivity contribution in [3.63, 3.8) is 0 Å². The van der Waals surface area contributed by atoms with Crippen LogP contribution in [0, 0.1) is 0 Å². The lowest BCUT2D eigenvalue weighted by Gasteiger charge is -2.16. The Hall–Kier alpha value is -3.83. The summed E-state index contributed by atoms with van der Waals surface area (Å²) < 4.78 is 39.8. The van der Waals surface area contributed by atoms with E-state index in [9.17, 15) is 18.0 Å². The van der Waals surface area contributed by atoms with E-state index >= 15 is 0 Å². The number of aromatic nitrogens is 6. The molecule has 0 spiro atoms. The molecular weight excluding hydrogens is 425 g/mol. The Bertz CT molecular complexity index is 1300. The molecular formula is C20H17F3N8O. The van der Waals surface area contributed by atoms with E-state index in [1.807, 2.05) is 24.3 Å². The molecule has 12 heteroatoms. The van der Waals surface area contributed by atoms with Crippen molar-refractivity contribution in [2.45, 2.75) is 31.5 Å². The quantitative estimate of drug-likeness (QED) is 0.502. The van der Waals surface area contributed by atoms with Crippen LogP contribution in [0.2, 0.25) is 0 Å². The summed E-state index contributed by atoms with van der Waals surface area (Å²) in [6.07, 6.45) is -0.167. The molecule has 1 atom stereocenters. The van der Waals surface area contributed by atoms with E-state index in [4.69, 9.17) is 0 Å². The van der Waals surface area contributed by atoms with E-state index < -0.39 is 18.0 Å². The fraction of sp³-hybridized carbons (Fsp3) is 0.300. The van der Waals surface area contributed by atoms with Crippen molar-refractivity contribution in [2.75, 3.05) is 11.9 Å². The van der Waals surface area contributed by atoms with Crippen LogP contribution in [0.5, 0.6) is 0 Å². The van der Waals surface area contributed by atoms with Gasteiger partial charge in [-0.1, -0.05) is 12.1 Å². The van der Waals surface area contributed by atoms with Gasteiger partial charge in [-0.05, 0) is 31.4 Å². The van der Waals surface area contributed by atoms with Gasteiger partial charge in [0.05, 0.1) is 11.1 Å². The molecule has 1 aromatic carbocycles. The van der Waals surface area contributed by atoms with Crippen LogP contribution in [0.15, 0.2) is 36.7 Å². The normalized spacial score (nSPS) is 17.3. The molecule has 0 saturated carbocycles. The van der Waals surface area contributed by atoms with Crippen LogP contribution in [-0.4, -0.2) is 48.0 Å². The largest absolute Gasteiger partial charge is 0.451 e. The van der Waals surface area contributed by atoms with Crippen molar-refractivity contribution in [3.05, 3.63) is 42.5 Å². The highest BCUT2D eigenvalue weighted by Gasteiger charge is 2.34. The zero-order chi connectivity index (χ0) is 22.3. The Balaban J connectivity index is 1.61. The third kappa shape index (κ3) is 3.67. The lowest BCUT2D eigenvalue weighted by atomic mass is 10.1. The van der Waals surface area contributed by atoms with Crippen LogP contribution in [0.4, 0.5) is 19.1 Å². The maximum Gasteiger partial charge on any atom is 0.451 e. The first-order valence-electron chi connectivity index (χ1n) is 9.99. The fourth-order valence-corrected chi connectivity index (χ4v) is 3.59. The van der Waals surface area contributed by atoms with Crippen molar-refractivity contribution in [1.82, 2.24) is 34.9 Å². The molecule has 164 valence electrons. The lowest BCUT2D eigenvalue weighted by molar-refractivity contribution is -0.145. The van der Waals surface area contributed by atoms with Gasteiger partial charge < -0.3 is 10.6 Å². The summed E-state index contributed by atoms with van der Waals surface area (Å²) in [6.45, 7) is 0.624. The molecule has 0 aliphatic carbocycles. The van der Waals surface area contributed by atoms with Crippen molar-refractivity contribution < 1.29 is 18.0 Å². The van der Waals surface area contributed by atoms with Gasteiger partial charge in [0.1, 0.15) is 6.04 Å². The molecule has 0 radical (unpaired) electrons. The number of benzene rings is 1. The zero-order valence-corrected chi connectivity index (χ0v) is 16.6. The predicted octanol–water partition coefficient (Wildman–Crippen LogP) is 2.83. The predicted molar refractivity (Wildman–Crippen MR) is 109 cm³/mol. The highest BCUT2D eigenvalue weighted by Crippen LogP contribution is 2.28. The molecule has 4 aromatic rings. The monoisotopic (exact) mass is 442 g/mol. The second-order valence-corrected chi connectivity index (χ2v) is 7.40. The number of hydrogen-bond donors (Lipinski definition) is 2. The number of nitrogens with zero attached hydrogens (tertiary/aromatic N) is 6. The van der Waals surface area contributed by atoms with Gasteiger partial charge in [0.25, 0.3) is 0 Å². The molecule has 1 saturated heterocycles. The molecule has 32 heavy (non-hydrogen) atoms. The second-order valence-electron chi connectivity index (χ2n) is 7.40. The number of rotatable bonds is 3. The van der Waals surface area contributed by atoms with E-state index in [1.54, 1.807) is 0 Å². The number of halogens is 3. The van der Waals surface area contributed by atoms with Crippen LogP contribution in [0.1, 0.15) is 25.1 Å². The third-order valence-corrected chi connectivity index (χ3v) is 5.18. The summed E-state index contributed by atoms with van der Waals surface area (Å²) in [5.41, 5.74) is 1.31. The van der Waals surface area contributed by atoms with E-state index in [0.29, 0.717) is 35.5 Å². The maximum absolute atomic E-state index is 12.8. The standard InChI is InChI=1S/C20H17F3N8O/c21-20(22,23)18-25-9-11(10-26-18)15-29-16-12-5-1-2-6-13(12)27-19(31(16)30-15)28-14-7-3-4-8-24-17(14)32/h1-2,5-6,9-10,14H,3-4,7-8H2,(H,24,32)(H,27,28)/t14-/m1/s1. The Morgan fingerprint density at radius 1 is 1.09 bits per heavy atom. The highest BCUT2D eigenvalue weighted by atomic mass is 19.4. The number of alkyl halides is 3. The van der Waals surface area contributed by atoms with E-state index in [-0.39, 0.29) is 17.3 Å². The van der Waals surface area contributed by atoms with E-state index in [2.05, 4.69) is 35.7 Å². The Kier molecular flexibility index (Phi) is 4.83. The number of para-hydroxylation sites is 1. The summed E-state index contributed by atoms with van der Waals surface area (Å²) in [4.78, 5) is 28.3. The van der Waals surface area contributed by atoms with Crippen molar-refractivity contribution in [2.24, 2.45) is 0 Å². The lowest BCUT2D eigenvalue weighted by Crippen LogP contribution is -2.38. The number of carbonyl (C=O) groups excluding carboxylic acids is 1. The Morgan fingerprint density at radius 2 is 1.88 bits per heavy atom. The summed E-state index contributed by atoms with van der Waals surface area (Å²) in [6, 6.07) is 6.79. The first-order valence-corrected chi connectivity index (χ1v) is 9.99.